The average Bonchev–Trinajstić information content (AvgIpc) is 3.48. The quantitative estimate of drug-likeness (QED) is 0.640. The number of fused-ring (bicyclic) bond motifs is 1. The maximum absolute atomic E-state index is 13.1. The summed E-state index contributed by atoms with van der Waals surface area (Å²) in [5.41, 5.74) is 0.0117. The molecule has 2 heterocycles. The first-order valence-corrected chi connectivity index (χ1v) is 11.1. The molecule has 1 saturated carbocycles. The predicted molar refractivity (Wildman–Crippen MR) is 111 cm³/mol. The molecule has 4 aliphatic rings. The first kappa shape index (κ1) is 19.8. The van der Waals surface area contributed by atoms with Gasteiger partial charge < -0.3 is 19.6 Å². The number of urea groups is 1. The average molecular weight is 415 g/mol. The van der Waals surface area contributed by atoms with E-state index in [0.29, 0.717) is 42.8 Å². The minimum atomic E-state index is -1.14. The van der Waals surface area contributed by atoms with Crippen molar-refractivity contribution in [1.29, 1.82) is 0 Å². The summed E-state index contributed by atoms with van der Waals surface area (Å²) in [6.07, 6.45) is 4.05. The minimum Gasteiger partial charge on any atom is -0.508 e. The number of phenols is 1. The molecular weight excluding hydrogens is 382 g/mol. The van der Waals surface area contributed by atoms with Crippen molar-refractivity contribution >= 4 is 11.9 Å². The van der Waals surface area contributed by atoms with Gasteiger partial charge in [0.15, 0.2) is 0 Å². The van der Waals surface area contributed by atoms with E-state index in [9.17, 15) is 19.8 Å². The van der Waals surface area contributed by atoms with Gasteiger partial charge in [0.1, 0.15) is 17.4 Å². The van der Waals surface area contributed by atoms with Gasteiger partial charge in [-0.1, -0.05) is 6.07 Å². The Bertz CT molecular complexity index is 912. The number of quaternary nitrogens is 1. The van der Waals surface area contributed by atoms with Gasteiger partial charge in [0.25, 0.3) is 0 Å². The molecule has 2 bridgehead atoms. The van der Waals surface area contributed by atoms with Crippen LogP contribution in [0.3, 0.4) is 0 Å². The molecule has 1 aromatic carbocycles. The lowest BCUT2D eigenvalue weighted by atomic mass is 9.51. The van der Waals surface area contributed by atoms with E-state index in [1.165, 1.54) is 0 Å². The number of hydrogen-bond acceptors (Lipinski definition) is 4. The van der Waals surface area contributed by atoms with Gasteiger partial charge >= 0.3 is 6.03 Å². The van der Waals surface area contributed by atoms with Gasteiger partial charge in [-0.2, -0.15) is 0 Å². The molecule has 3 amide bonds. The summed E-state index contributed by atoms with van der Waals surface area (Å²) < 4.78 is 0.677. The number of nitrogens with zero attached hydrogens (tertiary/aromatic N) is 2. The highest BCUT2D eigenvalue weighted by Gasteiger charge is 2.67. The van der Waals surface area contributed by atoms with Gasteiger partial charge in [-0.3, -0.25) is 10.1 Å². The lowest BCUT2D eigenvalue weighted by molar-refractivity contribution is -0.931. The number of benzene rings is 1. The third-order valence-electron chi connectivity index (χ3n) is 8.30. The van der Waals surface area contributed by atoms with Crippen molar-refractivity contribution in [2.75, 3.05) is 33.7 Å². The molecule has 0 radical (unpaired) electrons. The molecule has 2 saturated heterocycles. The zero-order chi connectivity index (χ0) is 21.3. The molecule has 2 aliphatic carbocycles. The van der Waals surface area contributed by atoms with Crippen LogP contribution in [0.1, 0.15) is 43.2 Å². The normalized spacial score (nSPS) is 35.4. The lowest BCUT2D eigenvalue weighted by Gasteiger charge is -2.62. The zero-order valence-electron chi connectivity index (χ0n) is 17.9. The van der Waals surface area contributed by atoms with Crippen molar-refractivity contribution in [1.82, 2.24) is 10.2 Å². The number of nitrogens with one attached hydrogen (secondary N) is 1. The fourth-order valence-corrected chi connectivity index (χ4v) is 6.38. The third kappa shape index (κ3) is 2.86. The number of aliphatic hydroxyl groups is 1. The van der Waals surface area contributed by atoms with Crippen LogP contribution in [0.25, 0.3) is 0 Å². The summed E-state index contributed by atoms with van der Waals surface area (Å²) in [6, 6.07) is 4.93. The number of likely N-dealkylation sites (N-methyl/N-ethyl adjacent to an activating group) is 1. The second-order valence-corrected chi connectivity index (χ2v) is 10.5. The van der Waals surface area contributed by atoms with Crippen LogP contribution in [0.15, 0.2) is 18.2 Å². The molecule has 5 rings (SSSR count). The SMILES string of the molecule is C[N+]1(C)CCC23CC(=O)NC(=O)N(CC4CC4)CCC2(O)C1Cc1ccc(O)cc13. The molecule has 0 spiro atoms. The summed E-state index contributed by atoms with van der Waals surface area (Å²) in [5, 5.41) is 25.3. The van der Waals surface area contributed by atoms with Gasteiger partial charge in [-0.25, -0.2) is 4.79 Å². The number of rotatable bonds is 2. The third-order valence-corrected chi connectivity index (χ3v) is 8.30. The van der Waals surface area contributed by atoms with Crippen LogP contribution >= 0.6 is 0 Å². The predicted octanol–water partition coefficient (Wildman–Crippen LogP) is 1.51. The Kier molecular flexibility index (Phi) is 4.25. The van der Waals surface area contributed by atoms with Crippen molar-refractivity contribution in [3.63, 3.8) is 0 Å². The second kappa shape index (κ2) is 6.44. The van der Waals surface area contributed by atoms with Crippen LogP contribution in [0, 0.1) is 5.92 Å². The summed E-state index contributed by atoms with van der Waals surface area (Å²) in [5.74, 6) is 0.309. The molecule has 30 heavy (non-hydrogen) atoms. The Balaban J connectivity index is 1.65. The van der Waals surface area contributed by atoms with Gasteiger partial charge in [0.05, 0.1) is 20.6 Å². The smallest absolute Gasteiger partial charge is 0.324 e. The molecule has 162 valence electrons. The number of carbonyl (C=O) groups is 2. The van der Waals surface area contributed by atoms with Crippen LogP contribution in [-0.2, 0) is 16.6 Å². The Morgan fingerprint density at radius 2 is 2.00 bits per heavy atom. The molecule has 3 unspecified atom stereocenters. The number of imide groups is 1. The van der Waals surface area contributed by atoms with Crippen LogP contribution in [0.4, 0.5) is 4.79 Å². The van der Waals surface area contributed by atoms with E-state index in [1.54, 1.807) is 17.0 Å². The highest BCUT2D eigenvalue weighted by Crippen LogP contribution is 2.56. The lowest BCUT2D eigenvalue weighted by Crippen LogP contribution is -2.76. The molecule has 3 N–H and O–H groups in total. The standard InChI is InChI=1S/C23H31N3O4/c1-26(2)10-8-22-13-20(28)24-21(29)25(14-15-3-4-15)9-7-23(22,30)19(26)11-16-5-6-17(27)12-18(16)22/h5-6,12,15,19,30H,3-4,7-11,13-14H2,1-2H3,(H-,24,27,28,29)/p+1. The number of aromatic hydroxyl groups is 1. The molecule has 1 aromatic rings. The highest BCUT2D eigenvalue weighted by molar-refractivity contribution is 5.95. The maximum Gasteiger partial charge on any atom is 0.324 e. The summed E-state index contributed by atoms with van der Waals surface area (Å²) in [6.45, 7) is 1.90. The number of likely N-dealkylation sites (tertiary alicyclic amines) is 1. The van der Waals surface area contributed by atoms with E-state index in [-0.39, 0.29) is 30.2 Å². The van der Waals surface area contributed by atoms with Gasteiger partial charge in [0, 0.05) is 44.2 Å². The minimum absolute atomic E-state index is 0.0550. The first-order chi connectivity index (χ1) is 14.1. The van der Waals surface area contributed by atoms with E-state index in [0.717, 1.165) is 30.5 Å². The monoisotopic (exact) mass is 414 g/mol. The maximum atomic E-state index is 13.1. The number of piperidine rings is 1. The highest BCUT2D eigenvalue weighted by atomic mass is 16.3. The van der Waals surface area contributed by atoms with E-state index in [4.69, 9.17) is 0 Å². The number of hydrogen-bond donors (Lipinski definition) is 3. The van der Waals surface area contributed by atoms with Crippen LogP contribution in [-0.4, -0.2) is 76.9 Å². The molecule has 3 fully saturated rings. The summed E-state index contributed by atoms with van der Waals surface area (Å²) >= 11 is 0. The largest absolute Gasteiger partial charge is 0.508 e. The Labute approximate surface area is 177 Å². The topological polar surface area (TPSA) is 89.9 Å². The molecule has 0 aromatic heterocycles. The Hall–Kier alpha value is -2.12. The molecule has 3 atom stereocenters. The molecule has 2 aliphatic heterocycles. The molecular formula is C23H32N3O4+. The van der Waals surface area contributed by atoms with Gasteiger partial charge in [0.2, 0.25) is 5.91 Å². The molecule has 7 heteroatoms. The zero-order valence-corrected chi connectivity index (χ0v) is 17.9. The van der Waals surface area contributed by atoms with E-state index in [2.05, 4.69) is 19.4 Å². The van der Waals surface area contributed by atoms with Gasteiger partial charge in [-0.15, -0.1) is 0 Å². The van der Waals surface area contributed by atoms with Crippen molar-refractivity contribution < 1.29 is 24.3 Å². The van der Waals surface area contributed by atoms with E-state index >= 15 is 0 Å². The van der Waals surface area contributed by atoms with Crippen LogP contribution in [0.5, 0.6) is 5.75 Å². The van der Waals surface area contributed by atoms with E-state index < -0.39 is 11.0 Å². The van der Waals surface area contributed by atoms with Crippen molar-refractivity contribution in [2.24, 2.45) is 5.92 Å². The first-order valence-electron chi connectivity index (χ1n) is 11.1. The second-order valence-electron chi connectivity index (χ2n) is 10.5. The Morgan fingerprint density at radius 3 is 2.73 bits per heavy atom. The van der Waals surface area contributed by atoms with Gasteiger partial charge in [-0.05, 0) is 42.0 Å². The van der Waals surface area contributed by atoms with Crippen molar-refractivity contribution in [3.8, 4) is 5.75 Å². The molecule has 7 nitrogen and oxygen atoms in total. The van der Waals surface area contributed by atoms with E-state index in [1.807, 2.05) is 6.07 Å². The fourth-order valence-electron chi connectivity index (χ4n) is 6.38. The number of carbonyl (C=O) groups excluding carboxylic acids is 2. The summed E-state index contributed by atoms with van der Waals surface area (Å²) in [7, 11) is 4.30. The Morgan fingerprint density at radius 1 is 1.23 bits per heavy atom. The number of amides is 3. The van der Waals surface area contributed by atoms with Crippen LogP contribution in [0.2, 0.25) is 0 Å². The van der Waals surface area contributed by atoms with Crippen LogP contribution < -0.4 is 5.32 Å². The number of phenolic OH excluding ortho intramolecular Hbond substituents is 1. The summed E-state index contributed by atoms with van der Waals surface area (Å²) in [4.78, 5) is 27.6. The fraction of sp³-hybridized carbons (Fsp3) is 0.652. The van der Waals surface area contributed by atoms with Crippen molar-refractivity contribution in [3.05, 3.63) is 29.3 Å². The van der Waals surface area contributed by atoms with Crippen molar-refractivity contribution in [2.45, 2.75) is 55.6 Å².